The highest BCUT2D eigenvalue weighted by Crippen LogP contribution is 2.35. The Kier molecular flexibility index (Phi) is 4.39. The molecule has 2 aromatic carbocycles. The third kappa shape index (κ3) is 2.92. The number of alkyl halides is 1. The van der Waals surface area contributed by atoms with Crippen molar-refractivity contribution in [3.63, 3.8) is 0 Å². The second-order valence-corrected chi connectivity index (χ2v) is 5.08. The van der Waals surface area contributed by atoms with E-state index in [1.807, 2.05) is 30.3 Å². The summed E-state index contributed by atoms with van der Waals surface area (Å²) in [4.78, 5) is 0. The Hall–Kier alpha value is -0.890. The summed E-state index contributed by atoms with van der Waals surface area (Å²) < 4.78 is 5.11. The van der Waals surface area contributed by atoms with Gasteiger partial charge in [-0.1, -0.05) is 41.4 Å². The molecule has 18 heavy (non-hydrogen) atoms. The SMILES string of the molecule is COc1ccc(C(Cl)c2ccc(Cl)cc2Cl)cc1. The summed E-state index contributed by atoms with van der Waals surface area (Å²) in [5.41, 5.74) is 1.80. The molecule has 0 saturated heterocycles. The zero-order chi connectivity index (χ0) is 13.1. The first-order valence-electron chi connectivity index (χ1n) is 5.35. The Morgan fingerprint density at radius 1 is 1.00 bits per heavy atom. The molecule has 1 atom stereocenters. The summed E-state index contributed by atoms with van der Waals surface area (Å²) in [6, 6.07) is 12.9. The van der Waals surface area contributed by atoms with Gasteiger partial charge in [0, 0.05) is 10.0 Å². The van der Waals surface area contributed by atoms with Crippen LogP contribution in [0.5, 0.6) is 5.75 Å². The van der Waals surface area contributed by atoms with Crippen molar-refractivity contribution >= 4 is 34.8 Å². The fourth-order valence-corrected chi connectivity index (χ4v) is 2.57. The molecule has 1 nitrogen and oxygen atoms in total. The zero-order valence-electron chi connectivity index (χ0n) is 9.66. The van der Waals surface area contributed by atoms with Gasteiger partial charge in [0.2, 0.25) is 0 Å². The van der Waals surface area contributed by atoms with Gasteiger partial charge in [-0.15, -0.1) is 11.6 Å². The molecular weight excluding hydrogens is 291 g/mol. The van der Waals surface area contributed by atoms with Crippen molar-refractivity contribution in [3.05, 3.63) is 63.6 Å². The lowest BCUT2D eigenvalue weighted by Crippen LogP contribution is -1.94. The smallest absolute Gasteiger partial charge is 0.118 e. The van der Waals surface area contributed by atoms with Gasteiger partial charge < -0.3 is 4.74 Å². The Morgan fingerprint density at radius 2 is 1.67 bits per heavy atom. The fourth-order valence-electron chi connectivity index (χ4n) is 1.66. The zero-order valence-corrected chi connectivity index (χ0v) is 11.9. The Bertz CT molecular complexity index is 537. The molecule has 0 aromatic heterocycles. The third-order valence-corrected chi connectivity index (χ3v) is 3.69. The van der Waals surface area contributed by atoms with Gasteiger partial charge in [-0.05, 0) is 35.4 Å². The van der Waals surface area contributed by atoms with Crippen molar-refractivity contribution in [2.45, 2.75) is 5.38 Å². The molecule has 0 amide bonds. The summed E-state index contributed by atoms with van der Waals surface area (Å²) in [5.74, 6) is 0.796. The second kappa shape index (κ2) is 5.83. The Balaban J connectivity index is 2.31. The van der Waals surface area contributed by atoms with E-state index in [0.717, 1.165) is 16.9 Å². The molecule has 2 rings (SSSR count). The van der Waals surface area contributed by atoms with Crippen LogP contribution in [-0.4, -0.2) is 7.11 Å². The van der Waals surface area contributed by atoms with Crippen LogP contribution in [0.3, 0.4) is 0 Å². The number of hydrogen-bond donors (Lipinski definition) is 0. The van der Waals surface area contributed by atoms with E-state index >= 15 is 0 Å². The lowest BCUT2D eigenvalue weighted by atomic mass is 10.0. The van der Waals surface area contributed by atoms with Gasteiger partial charge in [-0.3, -0.25) is 0 Å². The second-order valence-electron chi connectivity index (χ2n) is 3.80. The van der Waals surface area contributed by atoms with E-state index in [1.165, 1.54) is 0 Å². The van der Waals surface area contributed by atoms with Crippen LogP contribution in [0.2, 0.25) is 10.0 Å². The molecule has 0 heterocycles. The highest BCUT2D eigenvalue weighted by molar-refractivity contribution is 6.36. The first-order valence-corrected chi connectivity index (χ1v) is 6.54. The van der Waals surface area contributed by atoms with Crippen molar-refractivity contribution in [1.82, 2.24) is 0 Å². The van der Waals surface area contributed by atoms with E-state index < -0.39 is 0 Å². The Morgan fingerprint density at radius 3 is 2.22 bits per heavy atom. The molecule has 0 aliphatic rings. The predicted molar refractivity (Wildman–Crippen MR) is 77.2 cm³/mol. The molecule has 0 aliphatic heterocycles. The van der Waals surface area contributed by atoms with Crippen molar-refractivity contribution < 1.29 is 4.74 Å². The minimum absolute atomic E-state index is 0.305. The molecule has 94 valence electrons. The first kappa shape index (κ1) is 13.5. The highest BCUT2D eigenvalue weighted by Gasteiger charge is 2.14. The van der Waals surface area contributed by atoms with Crippen molar-refractivity contribution in [1.29, 1.82) is 0 Å². The van der Waals surface area contributed by atoms with Crippen LogP contribution in [0, 0.1) is 0 Å². The van der Waals surface area contributed by atoms with Gasteiger partial charge in [0.25, 0.3) is 0 Å². The maximum atomic E-state index is 6.42. The van der Waals surface area contributed by atoms with Gasteiger partial charge in [-0.25, -0.2) is 0 Å². The van der Waals surface area contributed by atoms with Crippen LogP contribution in [0.1, 0.15) is 16.5 Å². The quantitative estimate of drug-likeness (QED) is 0.696. The van der Waals surface area contributed by atoms with Crippen LogP contribution in [-0.2, 0) is 0 Å². The normalized spacial score (nSPS) is 12.2. The maximum Gasteiger partial charge on any atom is 0.118 e. The molecular formula is C14H11Cl3O. The van der Waals surface area contributed by atoms with Gasteiger partial charge in [0.15, 0.2) is 0 Å². The van der Waals surface area contributed by atoms with Gasteiger partial charge in [-0.2, -0.15) is 0 Å². The number of methoxy groups -OCH3 is 1. The molecule has 0 bridgehead atoms. The van der Waals surface area contributed by atoms with Crippen molar-refractivity contribution in [2.24, 2.45) is 0 Å². The van der Waals surface area contributed by atoms with Gasteiger partial charge in [0.05, 0.1) is 12.5 Å². The van der Waals surface area contributed by atoms with E-state index in [9.17, 15) is 0 Å². The molecule has 0 N–H and O–H groups in total. The summed E-state index contributed by atoms with van der Waals surface area (Å²) in [6.07, 6.45) is 0. The minimum Gasteiger partial charge on any atom is -0.497 e. The lowest BCUT2D eigenvalue weighted by molar-refractivity contribution is 0.414. The van der Waals surface area contributed by atoms with E-state index in [0.29, 0.717) is 10.0 Å². The number of benzene rings is 2. The van der Waals surface area contributed by atoms with E-state index in [2.05, 4.69) is 0 Å². The fraction of sp³-hybridized carbons (Fsp3) is 0.143. The molecule has 0 saturated carbocycles. The van der Waals surface area contributed by atoms with Gasteiger partial charge in [0.1, 0.15) is 5.75 Å². The number of halogens is 3. The molecule has 2 aromatic rings. The van der Waals surface area contributed by atoms with Gasteiger partial charge >= 0.3 is 0 Å². The Labute approximate surface area is 121 Å². The average Bonchev–Trinajstić information content (AvgIpc) is 2.38. The minimum atomic E-state index is -0.305. The number of hydrogen-bond acceptors (Lipinski definition) is 1. The van der Waals surface area contributed by atoms with E-state index in [-0.39, 0.29) is 5.38 Å². The summed E-state index contributed by atoms with van der Waals surface area (Å²) in [5, 5.41) is 0.862. The molecule has 0 aliphatic carbocycles. The van der Waals surface area contributed by atoms with Crippen LogP contribution >= 0.6 is 34.8 Å². The van der Waals surface area contributed by atoms with Crippen LogP contribution < -0.4 is 4.74 Å². The summed E-state index contributed by atoms with van der Waals surface area (Å²) in [6.45, 7) is 0. The molecule has 0 spiro atoms. The summed E-state index contributed by atoms with van der Waals surface area (Å²) >= 11 is 18.4. The molecule has 1 unspecified atom stereocenters. The number of ether oxygens (including phenoxy) is 1. The molecule has 0 radical (unpaired) electrons. The van der Waals surface area contributed by atoms with Crippen LogP contribution in [0.4, 0.5) is 0 Å². The van der Waals surface area contributed by atoms with E-state index in [1.54, 1.807) is 19.2 Å². The largest absolute Gasteiger partial charge is 0.497 e. The van der Waals surface area contributed by atoms with Crippen molar-refractivity contribution in [2.75, 3.05) is 7.11 Å². The third-order valence-electron chi connectivity index (χ3n) is 2.64. The summed E-state index contributed by atoms with van der Waals surface area (Å²) in [7, 11) is 1.63. The molecule has 4 heteroatoms. The first-order chi connectivity index (χ1) is 8.61. The standard InChI is InChI=1S/C14H11Cl3O/c1-18-11-5-2-9(3-6-11)14(17)12-7-4-10(15)8-13(12)16/h2-8,14H,1H3. The topological polar surface area (TPSA) is 9.23 Å². The van der Waals surface area contributed by atoms with Crippen LogP contribution in [0.25, 0.3) is 0 Å². The molecule has 0 fully saturated rings. The average molecular weight is 302 g/mol. The maximum absolute atomic E-state index is 6.42. The van der Waals surface area contributed by atoms with E-state index in [4.69, 9.17) is 39.5 Å². The highest BCUT2D eigenvalue weighted by atomic mass is 35.5. The van der Waals surface area contributed by atoms with Crippen molar-refractivity contribution in [3.8, 4) is 5.75 Å². The monoisotopic (exact) mass is 300 g/mol. The van der Waals surface area contributed by atoms with Crippen LogP contribution in [0.15, 0.2) is 42.5 Å². The lowest BCUT2D eigenvalue weighted by Gasteiger charge is -2.13. The predicted octanol–water partition coefficient (Wildman–Crippen LogP) is 5.33. The number of rotatable bonds is 3.